The Morgan fingerprint density at radius 1 is 1.33 bits per heavy atom. The minimum Gasteiger partial charge on any atom is -0.390 e. The number of nitrogens with two attached hydrogens (primary N) is 1. The molecular formula is C13H27NO. The Labute approximate surface area is 94.2 Å². The summed E-state index contributed by atoms with van der Waals surface area (Å²) >= 11 is 0. The van der Waals surface area contributed by atoms with Gasteiger partial charge in [0, 0.05) is 12.0 Å². The summed E-state index contributed by atoms with van der Waals surface area (Å²) in [6.45, 7) is 6.91. The second-order valence-corrected chi connectivity index (χ2v) is 5.46. The fraction of sp³-hybridized carbons (Fsp3) is 1.00. The average Bonchev–Trinajstić information content (AvgIpc) is 2.29. The largest absolute Gasteiger partial charge is 0.390 e. The zero-order valence-corrected chi connectivity index (χ0v) is 10.6. The molecule has 1 aliphatic rings. The van der Waals surface area contributed by atoms with Gasteiger partial charge in [-0.15, -0.1) is 0 Å². The van der Waals surface area contributed by atoms with E-state index in [1.807, 2.05) is 6.92 Å². The van der Waals surface area contributed by atoms with Crippen LogP contribution in [0.15, 0.2) is 0 Å². The van der Waals surface area contributed by atoms with Gasteiger partial charge >= 0.3 is 0 Å². The van der Waals surface area contributed by atoms with E-state index in [0.717, 1.165) is 25.2 Å². The molecule has 1 aliphatic carbocycles. The van der Waals surface area contributed by atoms with Gasteiger partial charge in [-0.3, -0.25) is 0 Å². The lowest BCUT2D eigenvalue weighted by Gasteiger charge is -2.48. The summed E-state index contributed by atoms with van der Waals surface area (Å²) in [7, 11) is 0. The van der Waals surface area contributed by atoms with E-state index < -0.39 is 5.60 Å². The van der Waals surface area contributed by atoms with Crippen LogP contribution in [0.25, 0.3) is 0 Å². The first kappa shape index (κ1) is 13.0. The van der Waals surface area contributed by atoms with E-state index >= 15 is 0 Å². The van der Waals surface area contributed by atoms with Crippen molar-refractivity contribution in [1.82, 2.24) is 0 Å². The van der Waals surface area contributed by atoms with Gasteiger partial charge in [-0.05, 0) is 44.9 Å². The van der Waals surface area contributed by atoms with Gasteiger partial charge in [0.2, 0.25) is 0 Å². The van der Waals surface area contributed by atoms with Crippen molar-refractivity contribution in [2.24, 2.45) is 17.1 Å². The number of hydrogen-bond donors (Lipinski definition) is 2. The maximum absolute atomic E-state index is 10.5. The molecule has 1 rings (SSSR count). The molecule has 2 heteroatoms. The first-order valence-electron chi connectivity index (χ1n) is 6.44. The molecule has 2 nitrogen and oxygen atoms in total. The van der Waals surface area contributed by atoms with Gasteiger partial charge in [0.1, 0.15) is 0 Å². The molecule has 0 radical (unpaired) electrons. The van der Waals surface area contributed by atoms with E-state index in [4.69, 9.17) is 5.73 Å². The highest BCUT2D eigenvalue weighted by molar-refractivity contribution is 4.98. The molecule has 1 fully saturated rings. The van der Waals surface area contributed by atoms with Crippen LogP contribution in [0, 0.1) is 11.3 Å². The van der Waals surface area contributed by atoms with Crippen molar-refractivity contribution in [3.63, 3.8) is 0 Å². The summed E-state index contributed by atoms with van der Waals surface area (Å²) in [4.78, 5) is 0. The highest BCUT2D eigenvalue weighted by Gasteiger charge is 2.46. The lowest BCUT2D eigenvalue weighted by Crippen LogP contribution is -2.52. The second-order valence-electron chi connectivity index (χ2n) is 5.46. The predicted octanol–water partition coefficient (Wildman–Crippen LogP) is 2.69. The average molecular weight is 213 g/mol. The summed E-state index contributed by atoms with van der Waals surface area (Å²) in [5, 5.41) is 10.5. The van der Waals surface area contributed by atoms with Gasteiger partial charge in [0.15, 0.2) is 0 Å². The van der Waals surface area contributed by atoms with Crippen LogP contribution in [-0.4, -0.2) is 17.3 Å². The molecular weight excluding hydrogens is 186 g/mol. The third-order valence-electron chi connectivity index (χ3n) is 4.86. The van der Waals surface area contributed by atoms with Crippen molar-refractivity contribution >= 4 is 0 Å². The molecule has 1 saturated carbocycles. The smallest absolute Gasteiger partial charge is 0.0685 e. The summed E-state index contributed by atoms with van der Waals surface area (Å²) in [6.07, 6.45) is 6.76. The normalized spacial score (nSPS) is 36.2. The van der Waals surface area contributed by atoms with Crippen LogP contribution in [0.3, 0.4) is 0 Å². The van der Waals surface area contributed by atoms with Crippen LogP contribution < -0.4 is 5.73 Å². The van der Waals surface area contributed by atoms with Gasteiger partial charge in [-0.2, -0.15) is 0 Å². The molecule has 0 aromatic carbocycles. The van der Waals surface area contributed by atoms with Gasteiger partial charge in [0.25, 0.3) is 0 Å². The quantitative estimate of drug-likeness (QED) is 0.754. The van der Waals surface area contributed by atoms with Crippen molar-refractivity contribution in [3.8, 4) is 0 Å². The Kier molecular flexibility index (Phi) is 4.19. The van der Waals surface area contributed by atoms with Crippen molar-refractivity contribution in [2.75, 3.05) is 6.54 Å². The highest BCUT2D eigenvalue weighted by Crippen LogP contribution is 2.47. The van der Waals surface area contributed by atoms with E-state index in [0.29, 0.717) is 6.54 Å². The molecule has 0 saturated heterocycles. The van der Waals surface area contributed by atoms with Gasteiger partial charge < -0.3 is 10.8 Å². The molecule has 90 valence electrons. The van der Waals surface area contributed by atoms with Crippen LogP contribution in [0.5, 0.6) is 0 Å². The van der Waals surface area contributed by atoms with E-state index in [9.17, 15) is 5.11 Å². The molecule has 1 unspecified atom stereocenters. The van der Waals surface area contributed by atoms with Gasteiger partial charge in [-0.25, -0.2) is 0 Å². The molecule has 0 aromatic heterocycles. The van der Waals surface area contributed by atoms with Crippen molar-refractivity contribution < 1.29 is 5.11 Å². The topological polar surface area (TPSA) is 46.2 Å². The minimum absolute atomic E-state index is 0.0204. The molecule has 3 N–H and O–H groups in total. The summed E-state index contributed by atoms with van der Waals surface area (Å²) in [6, 6.07) is 0. The van der Waals surface area contributed by atoms with Crippen molar-refractivity contribution in [1.29, 1.82) is 0 Å². The third kappa shape index (κ3) is 2.36. The third-order valence-corrected chi connectivity index (χ3v) is 4.86. The SMILES string of the molecule is CCC1CCC(CN)(C(C)(O)CC)CC1. The monoisotopic (exact) mass is 213 g/mol. The Balaban J connectivity index is 2.72. The lowest BCUT2D eigenvalue weighted by atomic mass is 9.61. The van der Waals surface area contributed by atoms with Crippen molar-refractivity contribution in [2.45, 2.75) is 64.9 Å². The number of hydrogen-bond acceptors (Lipinski definition) is 2. The summed E-state index contributed by atoms with van der Waals surface area (Å²) < 4.78 is 0. The lowest BCUT2D eigenvalue weighted by molar-refractivity contribution is -0.0939. The molecule has 15 heavy (non-hydrogen) atoms. The van der Waals surface area contributed by atoms with E-state index in [2.05, 4.69) is 13.8 Å². The summed E-state index contributed by atoms with van der Waals surface area (Å²) in [5.74, 6) is 0.859. The van der Waals surface area contributed by atoms with Crippen molar-refractivity contribution in [3.05, 3.63) is 0 Å². The minimum atomic E-state index is -0.583. The van der Waals surface area contributed by atoms with E-state index in [-0.39, 0.29) is 5.41 Å². The first-order valence-corrected chi connectivity index (χ1v) is 6.44. The molecule has 0 spiro atoms. The zero-order valence-electron chi connectivity index (χ0n) is 10.6. The molecule has 0 heterocycles. The van der Waals surface area contributed by atoms with Crippen LogP contribution >= 0.6 is 0 Å². The molecule has 0 bridgehead atoms. The maximum Gasteiger partial charge on any atom is 0.0685 e. The zero-order chi connectivity index (χ0) is 11.5. The van der Waals surface area contributed by atoms with E-state index in [1.165, 1.54) is 19.3 Å². The number of aliphatic hydroxyl groups is 1. The van der Waals surface area contributed by atoms with Crippen LogP contribution in [0.2, 0.25) is 0 Å². The van der Waals surface area contributed by atoms with Crippen LogP contribution in [0.4, 0.5) is 0 Å². The second kappa shape index (κ2) is 4.84. The standard InChI is InChI=1S/C13H27NO/c1-4-11-6-8-13(10-14,9-7-11)12(3,15)5-2/h11,15H,4-10,14H2,1-3H3. The Hall–Kier alpha value is -0.0800. The molecule has 1 atom stereocenters. The highest BCUT2D eigenvalue weighted by atomic mass is 16.3. The van der Waals surface area contributed by atoms with Crippen LogP contribution in [0.1, 0.15) is 59.3 Å². The van der Waals surface area contributed by atoms with Gasteiger partial charge in [0.05, 0.1) is 5.60 Å². The maximum atomic E-state index is 10.5. The van der Waals surface area contributed by atoms with Crippen LogP contribution in [-0.2, 0) is 0 Å². The predicted molar refractivity (Wildman–Crippen MR) is 64.7 cm³/mol. The molecule has 0 amide bonds. The fourth-order valence-corrected chi connectivity index (χ4v) is 2.98. The van der Waals surface area contributed by atoms with Gasteiger partial charge in [-0.1, -0.05) is 20.3 Å². The van der Waals surface area contributed by atoms with E-state index in [1.54, 1.807) is 0 Å². The Morgan fingerprint density at radius 2 is 1.87 bits per heavy atom. The fourth-order valence-electron chi connectivity index (χ4n) is 2.98. The Morgan fingerprint density at radius 3 is 2.20 bits per heavy atom. The molecule has 0 aliphatic heterocycles. The number of rotatable bonds is 4. The first-order chi connectivity index (χ1) is 7.01. The molecule has 0 aromatic rings. The Bertz CT molecular complexity index is 193. The summed E-state index contributed by atoms with van der Waals surface area (Å²) in [5.41, 5.74) is 5.32.